The van der Waals surface area contributed by atoms with Gasteiger partial charge in [-0.05, 0) is 26.9 Å². The standard InChI is InChI=1S/C9H21N3O/c1-8(10)4-6-12(3)7-5-9(13)11-2/h8H,4-7,10H2,1-3H3,(H,11,13). The lowest BCUT2D eigenvalue weighted by molar-refractivity contribution is -0.120. The van der Waals surface area contributed by atoms with Gasteiger partial charge >= 0.3 is 0 Å². The van der Waals surface area contributed by atoms with Crippen LogP contribution >= 0.6 is 0 Å². The molecule has 0 aliphatic heterocycles. The summed E-state index contributed by atoms with van der Waals surface area (Å²) < 4.78 is 0. The lowest BCUT2D eigenvalue weighted by Gasteiger charge is -2.16. The zero-order valence-corrected chi connectivity index (χ0v) is 8.84. The minimum Gasteiger partial charge on any atom is -0.359 e. The van der Waals surface area contributed by atoms with Crippen molar-refractivity contribution in [1.29, 1.82) is 0 Å². The van der Waals surface area contributed by atoms with Crippen LogP contribution in [0.25, 0.3) is 0 Å². The van der Waals surface area contributed by atoms with Crippen molar-refractivity contribution in [1.82, 2.24) is 10.2 Å². The second-order valence-electron chi connectivity index (χ2n) is 3.49. The maximum atomic E-state index is 10.9. The Morgan fingerprint density at radius 3 is 2.62 bits per heavy atom. The molecule has 0 aromatic rings. The molecule has 0 fully saturated rings. The van der Waals surface area contributed by atoms with Gasteiger partial charge < -0.3 is 16.0 Å². The van der Waals surface area contributed by atoms with Crippen molar-refractivity contribution in [3.8, 4) is 0 Å². The first-order chi connectivity index (χ1) is 6.06. The topological polar surface area (TPSA) is 58.4 Å². The molecule has 3 N–H and O–H groups in total. The number of nitrogens with two attached hydrogens (primary N) is 1. The lowest BCUT2D eigenvalue weighted by Crippen LogP contribution is -2.30. The van der Waals surface area contributed by atoms with E-state index in [9.17, 15) is 4.79 Å². The smallest absolute Gasteiger partial charge is 0.221 e. The summed E-state index contributed by atoms with van der Waals surface area (Å²) in [6, 6.07) is 0.238. The number of amides is 1. The third-order valence-electron chi connectivity index (χ3n) is 1.97. The third-order valence-corrected chi connectivity index (χ3v) is 1.97. The molecule has 0 rings (SSSR count). The number of hydrogen-bond donors (Lipinski definition) is 2. The van der Waals surface area contributed by atoms with Gasteiger partial charge in [0.1, 0.15) is 0 Å². The van der Waals surface area contributed by atoms with E-state index in [2.05, 4.69) is 10.2 Å². The molecule has 1 amide bonds. The molecule has 4 heteroatoms. The third kappa shape index (κ3) is 7.74. The van der Waals surface area contributed by atoms with Crippen LogP contribution in [0.15, 0.2) is 0 Å². The predicted molar refractivity (Wildman–Crippen MR) is 54.4 cm³/mol. The summed E-state index contributed by atoms with van der Waals surface area (Å²) in [6.07, 6.45) is 1.54. The normalized spacial score (nSPS) is 13.0. The van der Waals surface area contributed by atoms with Crippen molar-refractivity contribution in [3.63, 3.8) is 0 Å². The first-order valence-electron chi connectivity index (χ1n) is 4.71. The van der Waals surface area contributed by atoms with Crippen LogP contribution in [0, 0.1) is 0 Å². The lowest BCUT2D eigenvalue weighted by atomic mass is 10.2. The highest BCUT2D eigenvalue weighted by Gasteiger charge is 2.03. The second kappa shape index (κ2) is 6.86. The molecular weight excluding hydrogens is 166 g/mol. The van der Waals surface area contributed by atoms with E-state index < -0.39 is 0 Å². The molecule has 78 valence electrons. The fourth-order valence-corrected chi connectivity index (χ4v) is 0.953. The number of hydrogen-bond acceptors (Lipinski definition) is 3. The number of nitrogens with one attached hydrogen (secondary N) is 1. The van der Waals surface area contributed by atoms with Crippen LogP contribution < -0.4 is 11.1 Å². The number of carbonyl (C=O) groups excluding carboxylic acids is 1. The molecule has 0 aromatic carbocycles. The van der Waals surface area contributed by atoms with Gasteiger partial charge in [0.15, 0.2) is 0 Å². The van der Waals surface area contributed by atoms with Gasteiger partial charge in [0.2, 0.25) is 5.91 Å². The van der Waals surface area contributed by atoms with Gasteiger partial charge in [0, 0.05) is 26.1 Å². The first-order valence-corrected chi connectivity index (χ1v) is 4.71. The summed E-state index contributed by atoms with van der Waals surface area (Å²) in [5.41, 5.74) is 5.62. The van der Waals surface area contributed by atoms with E-state index >= 15 is 0 Å². The Labute approximate surface area is 80.5 Å². The first kappa shape index (κ1) is 12.4. The Morgan fingerprint density at radius 1 is 1.54 bits per heavy atom. The fourth-order valence-electron chi connectivity index (χ4n) is 0.953. The minimum absolute atomic E-state index is 0.0904. The highest BCUT2D eigenvalue weighted by atomic mass is 16.1. The maximum absolute atomic E-state index is 10.9. The molecule has 0 heterocycles. The van der Waals surface area contributed by atoms with E-state index in [1.807, 2.05) is 14.0 Å². The van der Waals surface area contributed by atoms with Gasteiger partial charge in [0.05, 0.1) is 0 Å². The van der Waals surface area contributed by atoms with Gasteiger partial charge in [-0.25, -0.2) is 0 Å². The zero-order valence-electron chi connectivity index (χ0n) is 8.84. The van der Waals surface area contributed by atoms with Crippen molar-refractivity contribution in [2.75, 3.05) is 27.2 Å². The summed E-state index contributed by atoms with van der Waals surface area (Å²) in [7, 11) is 3.66. The van der Waals surface area contributed by atoms with Crippen LogP contribution in [-0.4, -0.2) is 44.0 Å². The number of rotatable bonds is 6. The maximum Gasteiger partial charge on any atom is 0.221 e. The Balaban J connectivity index is 3.40. The molecule has 0 bridgehead atoms. The molecule has 1 unspecified atom stereocenters. The number of nitrogens with zero attached hydrogens (tertiary/aromatic N) is 1. The summed E-state index contributed by atoms with van der Waals surface area (Å²) in [4.78, 5) is 13.0. The summed E-state index contributed by atoms with van der Waals surface area (Å²) in [6.45, 7) is 3.74. The summed E-state index contributed by atoms with van der Waals surface area (Å²) in [5, 5.41) is 2.59. The molecule has 0 aromatic heterocycles. The quantitative estimate of drug-likeness (QED) is 0.605. The summed E-state index contributed by atoms with van der Waals surface area (Å²) >= 11 is 0. The molecule has 0 aliphatic rings. The van der Waals surface area contributed by atoms with E-state index in [1.165, 1.54) is 0 Å². The van der Waals surface area contributed by atoms with Crippen LogP contribution in [-0.2, 0) is 4.79 Å². The molecule has 13 heavy (non-hydrogen) atoms. The molecule has 0 saturated carbocycles. The second-order valence-corrected chi connectivity index (χ2v) is 3.49. The van der Waals surface area contributed by atoms with Crippen LogP contribution in [0.2, 0.25) is 0 Å². The predicted octanol–water partition coefficient (Wildman–Crippen LogP) is -0.208. The van der Waals surface area contributed by atoms with Crippen molar-refractivity contribution in [3.05, 3.63) is 0 Å². The average Bonchev–Trinajstić information content (AvgIpc) is 2.10. The molecular formula is C9H21N3O. The van der Waals surface area contributed by atoms with Crippen LogP contribution in [0.3, 0.4) is 0 Å². The van der Waals surface area contributed by atoms with Gasteiger partial charge in [-0.2, -0.15) is 0 Å². The van der Waals surface area contributed by atoms with Gasteiger partial charge in [0.25, 0.3) is 0 Å². The Kier molecular flexibility index (Phi) is 6.54. The molecule has 4 nitrogen and oxygen atoms in total. The van der Waals surface area contributed by atoms with Gasteiger partial charge in [-0.1, -0.05) is 0 Å². The molecule has 0 saturated heterocycles. The monoisotopic (exact) mass is 187 g/mol. The van der Waals surface area contributed by atoms with E-state index in [0.29, 0.717) is 6.42 Å². The van der Waals surface area contributed by atoms with Crippen LogP contribution in [0.5, 0.6) is 0 Å². The van der Waals surface area contributed by atoms with E-state index in [0.717, 1.165) is 19.5 Å². The zero-order chi connectivity index (χ0) is 10.3. The van der Waals surface area contributed by atoms with E-state index in [-0.39, 0.29) is 11.9 Å². The summed E-state index contributed by atoms with van der Waals surface area (Å²) in [5.74, 6) is 0.0904. The molecule has 0 radical (unpaired) electrons. The molecule has 1 atom stereocenters. The van der Waals surface area contributed by atoms with Crippen molar-refractivity contribution in [2.45, 2.75) is 25.8 Å². The highest BCUT2D eigenvalue weighted by Crippen LogP contribution is 1.92. The Hall–Kier alpha value is -0.610. The SMILES string of the molecule is CNC(=O)CCN(C)CCC(C)N. The van der Waals surface area contributed by atoms with Crippen LogP contribution in [0.4, 0.5) is 0 Å². The average molecular weight is 187 g/mol. The Bertz CT molecular complexity index is 148. The van der Waals surface area contributed by atoms with E-state index in [4.69, 9.17) is 5.73 Å². The largest absolute Gasteiger partial charge is 0.359 e. The number of carbonyl (C=O) groups is 1. The minimum atomic E-state index is 0.0904. The Morgan fingerprint density at radius 2 is 2.15 bits per heavy atom. The van der Waals surface area contributed by atoms with Gasteiger partial charge in [-0.3, -0.25) is 4.79 Å². The van der Waals surface area contributed by atoms with Gasteiger partial charge in [-0.15, -0.1) is 0 Å². The fraction of sp³-hybridized carbons (Fsp3) is 0.889. The highest BCUT2D eigenvalue weighted by molar-refractivity contribution is 5.75. The molecule has 0 spiro atoms. The van der Waals surface area contributed by atoms with Crippen LogP contribution in [0.1, 0.15) is 19.8 Å². The van der Waals surface area contributed by atoms with Crippen molar-refractivity contribution < 1.29 is 4.79 Å². The van der Waals surface area contributed by atoms with Crippen molar-refractivity contribution >= 4 is 5.91 Å². The van der Waals surface area contributed by atoms with Crippen molar-refractivity contribution in [2.24, 2.45) is 5.73 Å². The van der Waals surface area contributed by atoms with E-state index in [1.54, 1.807) is 7.05 Å². The molecule has 0 aliphatic carbocycles.